The maximum absolute atomic E-state index is 13.8. The van der Waals surface area contributed by atoms with Gasteiger partial charge in [-0.25, -0.2) is 0 Å². The van der Waals surface area contributed by atoms with Gasteiger partial charge in [-0.2, -0.15) is 0 Å². The highest BCUT2D eigenvalue weighted by Gasteiger charge is 2.53. The lowest BCUT2D eigenvalue weighted by Crippen LogP contribution is -2.60. The minimum atomic E-state index is -1.06. The number of fused-ring (bicyclic) bond motifs is 1. The number of anilines is 1. The molecule has 2 aliphatic rings. The van der Waals surface area contributed by atoms with Gasteiger partial charge in [-0.1, -0.05) is 55.2 Å². The molecule has 2 aromatic rings. The van der Waals surface area contributed by atoms with E-state index in [4.69, 9.17) is 23.2 Å². The molecule has 2 aromatic carbocycles. The normalized spacial score (nSPS) is 21.0. The molecule has 0 bridgehead atoms. The fourth-order valence-electron chi connectivity index (χ4n) is 4.80. The first-order chi connectivity index (χ1) is 15.7. The van der Waals surface area contributed by atoms with E-state index in [0.29, 0.717) is 22.2 Å². The molecular formula is C26H31Cl2N3O2. The van der Waals surface area contributed by atoms with Crippen LogP contribution in [0.5, 0.6) is 0 Å². The predicted octanol–water partition coefficient (Wildman–Crippen LogP) is 5.40. The summed E-state index contributed by atoms with van der Waals surface area (Å²) < 4.78 is 0. The van der Waals surface area contributed by atoms with E-state index in [2.05, 4.69) is 36.3 Å². The van der Waals surface area contributed by atoms with Crippen LogP contribution in [0.1, 0.15) is 51.2 Å². The van der Waals surface area contributed by atoms with E-state index < -0.39 is 5.54 Å². The number of carbonyl (C=O) groups is 2. The lowest BCUT2D eigenvalue weighted by molar-refractivity contribution is -0.135. The molecule has 1 aliphatic heterocycles. The Balaban J connectivity index is 1.81. The second-order valence-corrected chi connectivity index (χ2v) is 10.5. The van der Waals surface area contributed by atoms with E-state index in [1.807, 2.05) is 30.3 Å². The summed E-state index contributed by atoms with van der Waals surface area (Å²) in [5.41, 5.74) is 1.39. The van der Waals surface area contributed by atoms with E-state index in [-0.39, 0.29) is 36.4 Å². The second-order valence-electron chi connectivity index (χ2n) is 9.62. The average Bonchev–Trinajstić information content (AvgIpc) is 2.99. The third kappa shape index (κ3) is 4.77. The smallest absolute Gasteiger partial charge is 0.249 e. The molecule has 1 aliphatic carbocycles. The van der Waals surface area contributed by atoms with E-state index in [0.717, 1.165) is 30.4 Å². The van der Waals surface area contributed by atoms with Crippen molar-refractivity contribution in [2.75, 3.05) is 11.9 Å². The van der Waals surface area contributed by atoms with Crippen LogP contribution in [0.2, 0.25) is 10.0 Å². The predicted molar refractivity (Wildman–Crippen MR) is 134 cm³/mol. The van der Waals surface area contributed by atoms with Gasteiger partial charge < -0.3 is 10.6 Å². The summed E-state index contributed by atoms with van der Waals surface area (Å²) >= 11 is 12.5. The molecule has 2 atom stereocenters. The van der Waals surface area contributed by atoms with Gasteiger partial charge in [0.25, 0.3) is 0 Å². The molecule has 4 rings (SSSR count). The third-order valence-electron chi connectivity index (χ3n) is 7.13. The number of benzene rings is 2. The van der Waals surface area contributed by atoms with Crippen molar-refractivity contribution in [3.05, 3.63) is 63.6 Å². The van der Waals surface area contributed by atoms with Gasteiger partial charge in [-0.15, -0.1) is 0 Å². The highest BCUT2D eigenvalue weighted by molar-refractivity contribution is 6.31. The summed E-state index contributed by atoms with van der Waals surface area (Å²) in [6, 6.07) is 13.3. The SMILES string of the molecule is CC(C)C(C)N(CC(=O)NC1CCC1)C1(Cc2cccc(Cl)c2)C(=O)Nc2cc(Cl)ccc21. The monoisotopic (exact) mass is 487 g/mol. The number of carbonyl (C=O) groups excluding carboxylic acids is 2. The van der Waals surface area contributed by atoms with Crippen LogP contribution in [0.4, 0.5) is 5.69 Å². The summed E-state index contributed by atoms with van der Waals surface area (Å²) in [7, 11) is 0. The fraction of sp³-hybridized carbons (Fsp3) is 0.462. The van der Waals surface area contributed by atoms with Crippen LogP contribution in [0.15, 0.2) is 42.5 Å². The van der Waals surface area contributed by atoms with Crippen LogP contribution in [-0.2, 0) is 21.5 Å². The lowest BCUT2D eigenvalue weighted by atomic mass is 9.81. The van der Waals surface area contributed by atoms with E-state index in [1.54, 1.807) is 12.1 Å². The van der Waals surface area contributed by atoms with Crippen molar-refractivity contribution in [2.24, 2.45) is 5.92 Å². The first kappa shape index (κ1) is 24.1. The van der Waals surface area contributed by atoms with Crippen LogP contribution in [0.3, 0.4) is 0 Å². The molecule has 0 aromatic heterocycles. The molecule has 7 heteroatoms. The number of hydrogen-bond donors (Lipinski definition) is 2. The Kier molecular flexibility index (Phi) is 7.04. The van der Waals surface area contributed by atoms with E-state index >= 15 is 0 Å². The van der Waals surface area contributed by atoms with Gasteiger partial charge in [0.15, 0.2) is 0 Å². The Morgan fingerprint density at radius 2 is 1.88 bits per heavy atom. The molecule has 2 N–H and O–H groups in total. The van der Waals surface area contributed by atoms with Crippen LogP contribution in [0.25, 0.3) is 0 Å². The second kappa shape index (κ2) is 9.65. The molecule has 5 nitrogen and oxygen atoms in total. The van der Waals surface area contributed by atoms with Gasteiger partial charge >= 0.3 is 0 Å². The molecule has 0 radical (unpaired) electrons. The van der Waals surface area contributed by atoms with Crippen molar-refractivity contribution < 1.29 is 9.59 Å². The molecule has 2 unspecified atom stereocenters. The molecule has 33 heavy (non-hydrogen) atoms. The molecule has 2 amide bonds. The van der Waals surface area contributed by atoms with Crippen LogP contribution in [-0.4, -0.2) is 35.3 Å². The van der Waals surface area contributed by atoms with E-state index in [9.17, 15) is 9.59 Å². The number of hydrogen-bond acceptors (Lipinski definition) is 3. The van der Waals surface area contributed by atoms with E-state index in [1.165, 1.54) is 0 Å². The zero-order valence-corrected chi connectivity index (χ0v) is 20.8. The van der Waals surface area contributed by atoms with Crippen LogP contribution >= 0.6 is 23.2 Å². The van der Waals surface area contributed by atoms with Crippen molar-refractivity contribution in [1.82, 2.24) is 10.2 Å². The molecule has 1 fully saturated rings. The fourth-order valence-corrected chi connectivity index (χ4v) is 5.19. The van der Waals surface area contributed by atoms with Gasteiger partial charge in [-0.3, -0.25) is 14.5 Å². The molecule has 0 saturated heterocycles. The summed E-state index contributed by atoms with van der Waals surface area (Å²) in [6.07, 6.45) is 3.57. The average molecular weight is 488 g/mol. The van der Waals surface area contributed by atoms with Crippen molar-refractivity contribution >= 4 is 40.7 Å². The molecule has 1 heterocycles. The van der Waals surface area contributed by atoms with Crippen molar-refractivity contribution in [3.8, 4) is 0 Å². The third-order valence-corrected chi connectivity index (χ3v) is 7.60. The number of nitrogens with one attached hydrogen (secondary N) is 2. The Labute approximate surface area is 205 Å². The topological polar surface area (TPSA) is 61.4 Å². The zero-order valence-electron chi connectivity index (χ0n) is 19.3. The molecular weight excluding hydrogens is 457 g/mol. The first-order valence-electron chi connectivity index (χ1n) is 11.6. The van der Waals surface area contributed by atoms with Crippen molar-refractivity contribution in [1.29, 1.82) is 0 Å². The number of nitrogens with zero attached hydrogens (tertiary/aromatic N) is 1. The van der Waals surface area contributed by atoms with Gasteiger partial charge in [0.05, 0.1) is 6.54 Å². The molecule has 1 saturated carbocycles. The maximum atomic E-state index is 13.8. The maximum Gasteiger partial charge on any atom is 0.249 e. The van der Waals surface area contributed by atoms with Crippen LogP contribution in [0, 0.1) is 5.92 Å². The van der Waals surface area contributed by atoms with Gasteiger partial charge in [0.2, 0.25) is 11.8 Å². The highest BCUT2D eigenvalue weighted by atomic mass is 35.5. The first-order valence-corrected chi connectivity index (χ1v) is 12.4. The summed E-state index contributed by atoms with van der Waals surface area (Å²) in [4.78, 5) is 29.0. The lowest BCUT2D eigenvalue weighted by Gasteiger charge is -2.45. The van der Waals surface area contributed by atoms with Crippen LogP contribution < -0.4 is 10.6 Å². The summed E-state index contributed by atoms with van der Waals surface area (Å²) in [5, 5.41) is 7.36. The molecule has 0 spiro atoms. The zero-order chi connectivity index (χ0) is 23.8. The minimum Gasteiger partial charge on any atom is -0.352 e. The Morgan fingerprint density at radius 1 is 1.15 bits per heavy atom. The molecule has 176 valence electrons. The van der Waals surface area contributed by atoms with Gasteiger partial charge in [0, 0.05) is 39.8 Å². The van der Waals surface area contributed by atoms with Crippen molar-refractivity contribution in [2.45, 2.75) is 64.1 Å². The Bertz CT molecular complexity index is 1050. The number of rotatable bonds is 8. The minimum absolute atomic E-state index is 0.0382. The van der Waals surface area contributed by atoms with Gasteiger partial charge in [-0.05, 0) is 61.9 Å². The summed E-state index contributed by atoms with van der Waals surface area (Å²) in [6.45, 7) is 6.45. The largest absolute Gasteiger partial charge is 0.352 e. The Morgan fingerprint density at radius 3 is 2.52 bits per heavy atom. The standard InChI is InChI=1S/C26H31Cl2N3O2/c1-16(2)17(3)31(15-24(32)29-21-8-5-9-21)26(14-18-6-4-7-19(27)12-18)22-11-10-20(28)13-23(22)30-25(26)33/h4,6-7,10-13,16-17,21H,5,8-9,14-15H2,1-3H3,(H,29,32)(H,30,33). The quantitative estimate of drug-likeness (QED) is 0.523. The van der Waals surface area contributed by atoms with Crippen molar-refractivity contribution in [3.63, 3.8) is 0 Å². The summed E-state index contributed by atoms with van der Waals surface area (Å²) in [5.74, 6) is 0.0264. The number of amides is 2. The number of halogens is 2. The highest BCUT2D eigenvalue weighted by Crippen LogP contribution is 2.45. The Hall–Kier alpha value is -2.08. The van der Waals surface area contributed by atoms with Gasteiger partial charge in [0.1, 0.15) is 5.54 Å².